The zero-order valence-corrected chi connectivity index (χ0v) is 17.7. The highest BCUT2D eigenvalue weighted by Gasteiger charge is 2.16. The molecule has 5 nitrogen and oxygen atoms in total. The second-order valence-electron chi connectivity index (χ2n) is 6.33. The summed E-state index contributed by atoms with van der Waals surface area (Å²) in [6.07, 6.45) is 0. The number of aromatic nitrogens is 4. The molecule has 0 aliphatic rings. The summed E-state index contributed by atoms with van der Waals surface area (Å²) in [6, 6.07) is 6.26. The Morgan fingerprint density at radius 1 is 1.11 bits per heavy atom. The van der Waals surface area contributed by atoms with Gasteiger partial charge in [-0.1, -0.05) is 35.5 Å². The molecule has 0 radical (unpaired) electrons. The van der Waals surface area contributed by atoms with Gasteiger partial charge >= 0.3 is 0 Å². The van der Waals surface area contributed by atoms with Crippen LogP contribution in [0.1, 0.15) is 27.4 Å². The summed E-state index contributed by atoms with van der Waals surface area (Å²) < 4.78 is 5.80. The van der Waals surface area contributed by atoms with E-state index in [1.54, 1.807) is 11.3 Å². The number of benzene rings is 1. The molecule has 0 N–H and O–H groups in total. The summed E-state index contributed by atoms with van der Waals surface area (Å²) >= 11 is 9.43. The molecule has 3 heterocycles. The van der Waals surface area contributed by atoms with E-state index in [4.69, 9.17) is 16.0 Å². The minimum atomic E-state index is 0.506. The fourth-order valence-electron chi connectivity index (χ4n) is 2.83. The Labute approximate surface area is 170 Å². The molecule has 0 fully saturated rings. The number of thioether (sulfide) groups is 1. The molecule has 0 aliphatic carbocycles. The molecule has 0 unspecified atom stereocenters. The molecule has 4 rings (SSSR count). The highest BCUT2D eigenvalue weighted by Crippen LogP contribution is 2.33. The molecule has 0 amide bonds. The molecule has 8 heteroatoms. The van der Waals surface area contributed by atoms with Crippen LogP contribution in [-0.2, 0) is 5.75 Å². The number of hydrogen-bond acceptors (Lipinski definition) is 7. The number of pyridine rings is 1. The predicted molar refractivity (Wildman–Crippen MR) is 111 cm³/mol. The Morgan fingerprint density at radius 2 is 1.93 bits per heavy atom. The Kier molecular flexibility index (Phi) is 4.92. The third kappa shape index (κ3) is 3.59. The molecular weight excluding hydrogens is 400 g/mol. The van der Waals surface area contributed by atoms with Crippen molar-refractivity contribution in [3.63, 3.8) is 0 Å². The van der Waals surface area contributed by atoms with Crippen LogP contribution in [0, 0.1) is 27.7 Å². The van der Waals surface area contributed by atoms with Crippen molar-refractivity contribution in [1.29, 1.82) is 0 Å². The number of thiazole rings is 1. The van der Waals surface area contributed by atoms with Crippen molar-refractivity contribution in [2.75, 3.05) is 0 Å². The van der Waals surface area contributed by atoms with Gasteiger partial charge in [0.05, 0.1) is 16.2 Å². The van der Waals surface area contributed by atoms with Crippen molar-refractivity contribution in [2.24, 2.45) is 0 Å². The molecule has 3 aromatic heterocycles. The summed E-state index contributed by atoms with van der Waals surface area (Å²) in [7, 11) is 0. The van der Waals surface area contributed by atoms with E-state index in [0.29, 0.717) is 22.0 Å². The van der Waals surface area contributed by atoms with Crippen molar-refractivity contribution < 1.29 is 4.42 Å². The second kappa shape index (κ2) is 7.22. The first-order valence-electron chi connectivity index (χ1n) is 8.38. The van der Waals surface area contributed by atoms with E-state index in [9.17, 15) is 0 Å². The van der Waals surface area contributed by atoms with Crippen LogP contribution in [0.2, 0.25) is 5.15 Å². The normalized spacial score (nSPS) is 11.4. The molecule has 0 spiro atoms. The smallest absolute Gasteiger partial charge is 0.277 e. The Morgan fingerprint density at radius 3 is 2.67 bits per heavy atom. The zero-order chi connectivity index (χ0) is 19.1. The van der Waals surface area contributed by atoms with Gasteiger partial charge in [0.25, 0.3) is 11.1 Å². The second-order valence-corrected chi connectivity index (χ2v) is 8.81. The number of halogens is 1. The average molecular weight is 417 g/mol. The van der Waals surface area contributed by atoms with E-state index >= 15 is 0 Å². The van der Waals surface area contributed by atoms with Gasteiger partial charge in [-0.05, 0) is 44.9 Å². The summed E-state index contributed by atoms with van der Waals surface area (Å²) in [5, 5.41) is 11.4. The Hall–Kier alpha value is -1.96. The van der Waals surface area contributed by atoms with Crippen LogP contribution in [0.25, 0.3) is 21.7 Å². The van der Waals surface area contributed by atoms with Crippen molar-refractivity contribution in [1.82, 2.24) is 20.2 Å². The molecule has 0 saturated carbocycles. The van der Waals surface area contributed by atoms with E-state index in [1.165, 1.54) is 17.3 Å². The molecule has 0 saturated heterocycles. The summed E-state index contributed by atoms with van der Waals surface area (Å²) in [4.78, 5) is 9.92. The molecule has 0 atom stereocenters. The van der Waals surface area contributed by atoms with Gasteiger partial charge in [0.2, 0.25) is 0 Å². The van der Waals surface area contributed by atoms with Crippen molar-refractivity contribution in [2.45, 2.75) is 38.7 Å². The first kappa shape index (κ1) is 18.4. The summed E-state index contributed by atoms with van der Waals surface area (Å²) in [5.74, 6) is 1.12. The highest BCUT2D eigenvalue weighted by atomic mass is 35.5. The van der Waals surface area contributed by atoms with Gasteiger partial charge in [-0.2, -0.15) is 0 Å². The number of hydrogen-bond donors (Lipinski definition) is 0. The molecule has 4 aromatic rings. The van der Waals surface area contributed by atoms with Crippen molar-refractivity contribution >= 4 is 45.6 Å². The minimum Gasteiger partial charge on any atom is -0.410 e. The van der Waals surface area contributed by atoms with Crippen LogP contribution in [0.3, 0.4) is 0 Å². The first-order valence-corrected chi connectivity index (χ1v) is 10.6. The minimum absolute atomic E-state index is 0.506. The fourth-order valence-corrected chi connectivity index (χ4v) is 4.70. The summed E-state index contributed by atoms with van der Waals surface area (Å²) in [6.45, 7) is 8.05. The molecule has 138 valence electrons. The zero-order valence-electron chi connectivity index (χ0n) is 15.3. The maximum Gasteiger partial charge on any atom is 0.277 e. The van der Waals surface area contributed by atoms with Crippen LogP contribution < -0.4 is 0 Å². The summed E-state index contributed by atoms with van der Waals surface area (Å²) in [5.41, 5.74) is 5.17. The molecule has 27 heavy (non-hydrogen) atoms. The average Bonchev–Trinajstić information content (AvgIpc) is 3.23. The van der Waals surface area contributed by atoms with Gasteiger partial charge < -0.3 is 4.42 Å². The lowest BCUT2D eigenvalue weighted by atomic mass is 10.0. The monoisotopic (exact) mass is 416 g/mol. The van der Waals surface area contributed by atoms with Crippen LogP contribution in [0.15, 0.2) is 27.8 Å². The lowest BCUT2D eigenvalue weighted by Crippen LogP contribution is -1.92. The van der Waals surface area contributed by atoms with Crippen LogP contribution in [0.4, 0.5) is 0 Å². The van der Waals surface area contributed by atoms with Gasteiger partial charge in [0.1, 0.15) is 10.0 Å². The van der Waals surface area contributed by atoms with Crippen molar-refractivity contribution in [3.05, 3.63) is 50.7 Å². The number of fused-ring (bicyclic) bond motifs is 1. The topological polar surface area (TPSA) is 64.7 Å². The Balaban J connectivity index is 1.56. The molecule has 0 bridgehead atoms. The third-order valence-corrected chi connectivity index (χ3v) is 6.65. The lowest BCUT2D eigenvalue weighted by Gasteiger charge is -2.08. The van der Waals surface area contributed by atoms with E-state index in [0.717, 1.165) is 37.6 Å². The number of aryl methyl sites for hydroxylation is 4. The fraction of sp³-hybridized carbons (Fsp3) is 0.263. The highest BCUT2D eigenvalue weighted by molar-refractivity contribution is 7.98. The SMILES string of the molecule is Cc1nc(C)c(-c2nnc(SCc3cc4ccc(C)c(C)c4nc3Cl)o2)s1. The van der Waals surface area contributed by atoms with Crippen LogP contribution in [0.5, 0.6) is 0 Å². The largest absolute Gasteiger partial charge is 0.410 e. The maximum absolute atomic E-state index is 6.42. The number of nitrogens with zero attached hydrogens (tertiary/aromatic N) is 4. The predicted octanol–water partition coefficient (Wildman–Crippen LogP) is 5.92. The van der Waals surface area contributed by atoms with Gasteiger partial charge in [-0.25, -0.2) is 9.97 Å². The van der Waals surface area contributed by atoms with Crippen LogP contribution in [-0.4, -0.2) is 20.2 Å². The maximum atomic E-state index is 6.42. The van der Waals surface area contributed by atoms with Crippen molar-refractivity contribution in [3.8, 4) is 10.8 Å². The Bertz CT molecular complexity index is 1150. The van der Waals surface area contributed by atoms with E-state index in [1.807, 2.05) is 13.8 Å². The van der Waals surface area contributed by atoms with E-state index in [-0.39, 0.29) is 0 Å². The first-order chi connectivity index (χ1) is 12.9. The molecular formula is C19H17ClN4OS2. The van der Waals surface area contributed by atoms with Crippen LogP contribution >= 0.6 is 34.7 Å². The molecule has 0 aliphatic heterocycles. The number of rotatable bonds is 4. The van der Waals surface area contributed by atoms with Gasteiger partial charge in [-0.3, -0.25) is 0 Å². The molecule has 1 aromatic carbocycles. The quantitative estimate of drug-likeness (QED) is 0.304. The van der Waals surface area contributed by atoms with Gasteiger partial charge in [0, 0.05) is 16.7 Å². The third-order valence-electron chi connectivity index (χ3n) is 4.39. The standard InChI is InChI=1S/C19H17ClN4OS2/c1-9-5-6-13-7-14(17(20)22-15(13)10(9)2)8-26-19-24-23-18(25-19)16-11(3)21-12(4)27-16/h5-7H,8H2,1-4H3. The van der Waals surface area contributed by atoms with E-state index in [2.05, 4.69) is 52.2 Å². The lowest BCUT2D eigenvalue weighted by molar-refractivity contribution is 0.466. The van der Waals surface area contributed by atoms with Gasteiger partial charge in [0.15, 0.2) is 0 Å². The van der Waals surface area contributed by atoms with Gasteiger partial charge in [-0.15, -0.1) is 21.5 Å². The van der Waals surface area contributed by atoms with E-state index < -0.39 is 0 Å².